The fourth-order valence-electron chi connectivity index (χ4n) is 15.9. The third-order valence-corrected chi connectivity index (χ3v) is 23.7. The average Bonchev–Trinajstić information content (AvgIpc) is 0.926. The lowest BCUT2D eigenvalue weighted by Crippen LogP contribution is -3.00. The highest BCUT2D eigenvalue weighted by Gasteiger charge is 2.30. The molecule has 0 aliphatic heterocycles. The van der Waals surface area contributed by atoms with Crippen LogP contribution in [0.3, 0.4) is 0 Å². The van der Waals surface area contributed by atoms with Crippen LogP contribution in [0.4, 0.5) is 0 Å². The van der Waals surface area contributed by atoms with Gasteiger partial charge in [0.25, 0.3) is 0 Å². The van der Waals surface area contributed by atoms with E-state index in [1.54, 1.807) is 0 Å². The summed E-state index contributed by atoms with van der Waals surface area (Å²) in [5, 5.41) is 0. The van der Waals surface area contributed by atoms with Crippen LogP contribution in [0.15, 0.2) is 0 Å². The van der Waals surface area contributed by atoms with E-state index in [0.717, 1.165) is 0 Å². The molecule has 0 saturated carbocycles. The summed E-state index contributed by atoms with van der Waals surface area (Å²) in [5.41, 5.74) is 0. The lowest BCUT2D eigenvalue weighted by molar-refractivity contribution is -0.929. The number of nitrogens with zero attached hydrogens (tertiary/aromatic N) is 6. The topological polar surface area (TPSA) is 0 Å². The normalized spacial score (nSPS) is 11.3. The molecule has 0 aromatic rings. The first-order chi connectivity index (χ1) is 49.5. The van der Waals surface area contributed by atoms with Gasteiger partial charge in [-0.1, -0.05) is 320 Å². The van der Waals surface area contributed by atoms with Crippen molar-refractivity contribution in [1.82, 2.24) is 0 Å². The van der Waals surface area contributed by atoms with Crippen LogP contribution in [-0.2, 0) is 0 Å². The Hall–Kier alpha value is 1.50. The predicted octanol–water partition coefficient (Wildman–Crippen LogP) is 12.0. The molecule has 0 fully saturated rings. The molecule has 0 radical (unpaired) electrons. The number of quaternary nitrogens is 6. The fourth-order valence-corrected chi connectivity index (χ4v) is 15.9. The molecule has 672 valence electrons. The summed E-state index contributed by atoms with van der Waals surface area (Å²) in [6.07, 6.45) is 66.4. The molecule has 0 aliphatic rings. The molecule has 108 heavy (non-hydrogen) atoms. The smallest absolute Gasteiger partial charge is 0.0786 e. The van der Waals surface area contributed by atoms with Crippen molar-refractivity contribution in [3.05, 3.63) is 0 Å². The number of halogens is 6. The number of unbranched alkanes of at least 4 members (excludes halogenated alkanes) is 24. The van der Waals surface area contributed by atoms with E-state index in [1.165, 1.54) is 492 Å². The summed E-state index contributed by atoms with van der Waals surface area (Å²) in [6, 6.07) is 0. The van der Waals surface area contributed by atoms with Gasteiger partial charge in [-0.3, -0.25) is 0 Å². The molecule has 0 spiro atoms. The Labute approximate surface area is 727 Å². The molecule has 0 aromatic carbocycles. The summed E-state index contributed by atoms with van der Waals surface area (Å²) in [5.74, 6) is 0. The van der Waals surface area contributed by atoms with E-state index in [4.69, 9.17) is 0 Å². The second-order valence-electron chi connectivity index (χ2n) is 33.9. The van der Waals surface area contributed by atoms with Crippen molar-refractivity contribution in [3.63, 3.8) is 0 Å². The maximum Gasteiger partial charge on any atom is 0.0786 e. The van der Waals surface area contributed by atoms with Gasteiger partial charge in [0.15, 0.2) is 0 Å². The minimum Gasteiger partial charge on any atom is -1.00 e. The van der Waals surface area contributed by atoms with Crippen molar-refractivity contribution < 1.29 is 101 Å². The number of hydrogen-bond donors (Lipinski definition) is 0. The van der Waals surface area contributed by atoms with Crippen molar-refractivity contribution in [3.8, 4) is 0 Å². The summed E-state index contributed by atoms with van der Waals surface area (Å²) >= 11 is 0. The quantitative estimate of drug-likeness (QED) is 0.0533. The third-order valence-electron chi connectivity index (χ3n) is 23.7. The molecule has 0 atom stereocenters. The number of hydrogen-bond acceptors (Lipinski definition) is 0. The van der Waals surface area contributed by atoms with E-state index in [0.29, 0.717) is 0 Å². The SMILES string of the molecule is CCCC[N+](CCCC)(CCCC)CCCC.CCCC[N+](CCCC)(CCCC)CCCC.CCCC[N+](CCCC)(CCCC)CCCC.CCCC[N+](CCCC)(CCCC)CCCC.CCCC[N+](CCCC)(CCCC)CCCC.CCCC[N+](CCCC)(CCCC)CCCC.[Cl-].[Cl-].[Cl-].[Cl-].[Cl-].[Cl-]. The molecule has 0 aromatic heterocycles. The van der Waals surface area contributed by atoms with Crippen LogP contribution in [-0.4, -0.2) is 184 Å². The summed E-state index contributed by atoms with van der Waals surface area (Å²) in [4.78, 5) is 0. The summed E-state index contributed by atoms with van der Waals surface area (Å²) in [6.45, 7) is 90.1. The van der Waals surface area contributed by atoms with Crippen LogP contribution in [0.5, 0.6) is 0 Å². The minimum atomic E-state index is 0. The molecule has 0 aliphatic carbocycles. The zero-order valence-corrected chi connectivity index (χ0v) is 84.4. The molecule has 0 heterocycles. The van der Waals surface area contributed by atoms with Gasteiger partial charge in [-0.05, 0) is 154 Å². The zero-order valence-electron chi connectivity index (χ0n) is 79.9. The van der Waals surface area contributed by atoms with Gasteiger partial charge in [-0.25, -0.2) is 0 Å². The molecule has 0 saturated heterocycles. The second-order valence-corrected chi connectivity index (χ2v) is 33.9. The molecule has 0 N–H and O–H groups in total. The molecule has 0 bridgehead atoms. The maximum atomic E-state index is 2.33. The van der Waals surface area contributed by atoms with Gasteiger partial charge in [0.2, 0.25) is 0 Å². The predicted molar refractivity (Wildman–Crippen MR) is 476 cm³/mol. The Morgan fingerprint density at radius 2 is 0.120 bits per heavy atom. The van der Waals surface area contributed by atoms with E-state index in [1.807, 2.05) is 0 Å². The van der Waals surface area contributed by atoms with Gasteiger partial charge in [0.05, 0.1) is 157 Å². The Morgan fingerprint density at radius 3 is 0.148 bits per heavy atom. The van der Waals surface area contributed by atoms with E-state index in [-0.39, 0.29) is 74.4 Å². The highest BCUT2D eigenvalue weighted by Crippen LogP contribution is 2.23. The molecule has 0 amide bonds. The Bertz CT molecular complexity index is 1010. The van der Waals surface area contributed by atoms with Crippen molar-refractivity contribution in [1.29, 1.82) is 0 Å². The van der Waals surface area contributed by atoms with Gasteiger partial charge in [-0.2, -0.15) is 0 Å². The molecule has 6 nitrogen and oxygen atoms in total. The van der Waals surface area contributed by atoms with Crippen LogP contribution in [0.1, 0.15) is 474 Å². The highest BCUT2D eigenvalue weighted by atomic mass is 35.5. The van der Waals surface area contributed by atoms with Crippen LogP contribution in [0, 0.1) is 0 Å². The highest BCUT2D eigenvalue weighted by molar-refractivity contribution is 4.56. The van der Waals surface area contributed by atoms with Gasteiger partial charge < -0.3 is 101 Å². The van der Waals surface area contributed by atoms with Crippen LogP contribution >= 0.6 is 0 Å². The van der Waals surface area contributed by atoms with Crippen molar-refractivity contribution in [2.45, 2.75) is 474 Å². The minimum absolute atomic E-state index is 0. The summed E-state index contributed by atoms with van der Waals surface area (Å²) in [7, 11) is 0. The van der Waals surface area contributed by atoms with Gasteiger partial charge >= 0.3 is 0 Å². The van der Waals surface area contributed by atoms with Gasteiger partial charge in [-0.15, -0.1) is 0 Å². The first-order valence-corrected chi connectivity index (χ1v) is 48.6. The van der Waals surface area contributed by atoms with Crippen molar-refractivity contribution >= 4 is 0 Å². The zero-order chi connectivity index (χ0) is 77.9. The molecule has 0 unspecified atom stereocenters. The van der Waals surface area contributed by atoms with Crippen molar-refractivity contribution in [2.75, 3.05) is 157 Å². The lowest BCUT2D eigenvalue weighted by atomic mass is 10.1. The van der Waals surface area contributed by atoms with Gasteiger partial charge in [0.1, 0.15) is 0 Å². The average molecular weight is 1670 g/mol. The van der Waals surface area contributed by atoms with Gasteiger partial charge in [0, 0.05) is 0 Å². The first-order valence-electron chi connectivity index (χ1n) is 48.6. The van der Waals surface area contributed by atoms with Crippen molar-refractivity contribution in [2.24, 2.45) is 0 Å². The monoisotopic (exact) mass is 1660 g/mol. The molecule has 0 rings (SSSR count). The molecular formula is C96H216Cl6N6. The standard InChI is InChI=1S/6C16H36N.6ClH/c6*1-5-9-13-17(14-10-6-2,15-11-7-3)16-12-8-4;;;;;;/h6*5-16H2,1-4H3;6*1H/q6*+1;;;;;;/p-6. The third kappa shape index (κ3) is 82.6. The van der Waals surface area contributed by atoms with E-state index in [2.05, 4.69) is 166 Å². The van der Waals surface area contributed by atoms with E-state index in [9.17, 15) is 0 Å². The maximum absolute atomic E-state index is 2.33. The molecule has 12 heteroatoms. The first kappa shape index (κ1) is 136. The largest absolute Gasteiger partial charge is 1.00 e. The van der Waals surface area contributed by atoms with E-state index < -0.39 is 0 Å². The lowest BCUT2D eigenvalue weighted by Gasteiger charge is -2.39. The van der Waals surface area contributed by atoms with Crippen LogP contribution in [0.2, 0.25) is 0 Å². The Kier molecular flexibility index (Phi) is 131. The van der Waals surface area contributed by atoms with E-state index >= 15 is 0 Å². The van der Waals surface area contributed by atoms with Crippen LogP contribution in [0.25, 0.3) is 0 Å². The summed E-state index contributed by atoms with van der Waals surface area (Å²) < 4.78 is 8.52. The Morgan fingerprint density at radius 1 is 0.0833 bits per heavy atom. The van der Waals surface area contributed by atoms with Crippen LogP contribution < -0.4 is 74.4 Å². The Balaban J connectivity index is -0.000000101. The fraction of sp³-hybridized carbons (Fsp3) is 1.00. The second kappa shape index (κ2) is 105. The number of rotatable bonds is 72. The molecular weight excluding hydrogens is 1450 g/mol.